The van der Waals surface area contributed by atoms with Crippen LogP contribution in [0.15, 0.2) is 101 Å². The van der Waals surface area contributed by atoms with Crippen molar-refractivity contribution < 1.29 is 14.4 Å². The number of anilines is 1. The van der Waals surface area contributed by atoms with Crippen LogP contribution >= 0.6 is 0 Å². The van der Waals surface area contributed by atoms with Crippen molar-refractivity contribution in [1.82, 2.24) is 0 Å². The first-order chi connectivity index (χ1) is 15.1. The van der Waals surface area contributed by atoms with Crippen molar-refractivity contribution in [2.24, 2.45) is 5.10 Å². The second-order valence-corrected chi connectivity index (χ2v) is 6.78. The molecule has 1 N–H and O–H groups in total. The molecule has 0 spiro atoms. The lowest BCUT2D eigenvalue weighted by molar-refractivity contribution is -0.384. The summed E-state index contributed by atoms with van der Waals surface area (Å²) in [6.07, 6.45) is 1.58. The van der Waals surface area contributed by atoms with E-state index in [1.165, 1.54) is 18.2 Å². The first kappa shape index (κ1) is 19.9. The van der Waals surface area contributed by atoms with Gasteiger partial charge in [-0.3, -0.25) is 15.1 Å². The van der Waals surface area contributed by atoms with Gasteiger partial charge in [0.05, 0.1) is 28.9 Å². The number of hydrogen-bond acceptors (Lipinski definition) is 6. The Balaban J connectivity index is 1.60. The third-order valence-corrected chi connectivity index (χ3v) is 4.64. The van der Waals surface area contributed by atoms with Crippen LogP contribution in [0.1, 0.15) is 11.3 Å². The number of hydrazone groups is 1. The molecule has 0 amide bonds. The molecular weight excluding hydrogens is 394 g/mol. The normalized spacial score (nSPS) is 11.0. The van der Waals surface area contributed by atoms with Gasteiger partial charge in [-0.15, -0.1) is 0 Å². The Labute approximate surface area is 178 Å². The van der Waals surface area contributed by atoms with E-state index < -0.39 is 4.92 Å². The number of phenolic OH excluding ortho intramolecular Hbond substituents is 1. The van der Waals surface area contributed by atoms with E-state index in [1.54, 1.807) is 18.3 Å². The monoisotopic (exact) mass is 413 g/mol. The Kier molecular flexibility index (Phi) is 5.75. The zero-order chi connectivity index (χ0) is 21.6. The first-order valence-electron chi connectivity index (χ1n) is 9.58. The molecule has 0 saturated carbocycles. The number of hydrogen-bond donors (Lipinski definition) is 1. The van der Waals surface area contributed by atoms with Gasteiger partial charge in [0.2, 0.25) is 0 Å². The van der Waals surface area contributed by atoms with E-state index in [4.69, 9.17) is 4.42 Å². The summed E-state index contributed by atoms with van der Waals surface area (Å²) in [5.41, 5.74) is 2.14. The van der Waals surface area contributed by atoms with Gasteiger partial charge >= 0.3 is 0 Å². The highest BCUT2D eigenvalue weighted by atomic mass is 16.6. The van der Waals surface area contributed by atoms with Gasteiger partial charge in [0.15, 0.2) is 0 Å². The highest BCUT2D eigenvalue weighted by Crippen LogP contribution is 2.33. The predicted molar refractivity (Wildman–Crippen MR) is 119 cm³/mol. The number of phenols is 1. The molecule has 0 radical (unpaired) electrons. The van der Waals surface area contributed by atoms with Crippen molar-refractivity contribution >= 4 is 17.6 Å². The number of nitro benzene ring substituents is 1. The van der Waals surface area contributed by atoms with Crippen molar-refractivity contribution in [2.75, 3.05) is 5.01 Å². The fraction of sp³-hybridized carbons (Fsp3) is 0.0417. The molecule has 0 unspecified atom stereocenters. The van der Waals surface area contributed by atoms with Crippen molar-refractivity contribution in [3.63, 3.8) is 0 Å². The number of nitrogens with zero attached hydrogens (tertiary/aromatic N) is 3. The summed E-state index contributed by atoms with van der Waals surface area (Å²) in [6.45, 7) is 0.570. The van der Waals surface area contributed by atoms with Crippen molar-refractivity contribution in [2.45, 2.75) is 6.54 Å². The molecule has 7 heteroatoms. The molecule has 1 aromatic heterocycles. The molecule has 4 aromatic rings. The highest BCUT2D eigenvalue weighted by Gasteiger charge is 2.15. The van der Waals surface area contributed by atoms with Crippen molar-refractivity contribution in [3.05, 3.63) is 112 Å². The Morgan fingerprint density at radius 2 is 1.68 bits per heavy atom. The lowest BCUT2D eigenvalue weighted by Gasteiger charge is -2.19. The average Bonchev–Trinajstić information content (AvgIpc) is 3.27. The molecule has 1 heterocycles. The molecule has 4 rings (SSSR count). The van der Waals surface area contributed by atoms with E-state index in [2.05, 4.69) is 5.10 Å². The van der Waals surface area contributed by atoms with Crippen LogP contribution in [-0.4, -0.2) is 16.2 Å². The van der Waals surface area contributed by atoms with E-state index >= 15 is 0 Å². The maximum atomic E-state index is 11.0. The first-order valence-corrected chi connectivity index (χ1v) is 9.58. The maximum Gasteiger partial charge on any atom is 0.270 e. The molecule has 154 valence electrons. The van der Waals surface area contributed by atoms with E-state index in [0.29, 0.717) is 18.1 Å². The maximum absolute atomic E-state index is 11.0. The van der Waals surface area contributed by atoms with Gasteiger partial charge in [-0.2, -0.15) is 5.10 Å². The minimum atomic E-state index is -0.518. The van der Waals surface area contributed by atoms with Gasteiger partial charge in [-0.1, -0.05) is 48.5 Å². The molecule has 0 bridgehead atoms. The molecule has 0 fully saturated rings. The fourth-order valence-corrected chi connectivity index (χ4v) is 3.08. The summed E-state index contributed by atoms with van der Waals surface area (Å²) in [6, 6.07) is 26.9. The van der Waals surface area contributed by atoms with E-state index in [1.807, 2.05) is 65.7 Å². The topological polar surface area (TPSA) is 92.1 Å². The second-order valence-electron chi connectivity index (χ2n) is 6.78. The zero-order valence-corrected chi connectivity index (χ0v) is 16.5. The summed E-state index contributed by atoms with van der Waals surface area (Å²) in [5.74, 6) is 0.672. The zero-order valence-electron chi connectivity index (χ0n) is 16.5. The highest BCUT2D eigenvalue weighted by molar-refractivity contribution is 5.79. The fourth-order valence-electron chi connectivity index (χ4n) is 3.08. The number of rotatable bonds is 7. The molecular formula is C24H19N3O4. The van der Waals surface area contributed by atoms with E-state index in [9.17, 15) is 15.2 Å². The summed E-state index contributed by atoms with van der Waals surface area (Å²) < 4.78 is 5.76. The second kappa shape index (κ2) is 8.96. The third kappa shape index (κ3) is 4.79. The van der Waals surface area contributed by atoms with E-state index in [0.717, 1.165) is 11.3 Å². The SMILES string of the molecule is O=[N+]([O-])c1ccc(O)c(-c2ccc(/C=N/N(Cc3ccccc3)c3ccccc3)o2)c1. The molecule has 0 saturated heterocycles. The number of para-hydroxylation sites is 1. The van der Waals surface area contributed by atoms with Crippen LogP contribution < -0.4 is 5.01 Å². The molecule has 0 atom stereocenters. The van der Waals surface area contributed by atoms with Crippen LogP contribution in [0.2, 0.25) is 0 Å². The largest absolute Gasteiger partial charge is 0.507 e. The lowest BCUT2D eigenvalue weighted by atomic mass is 10.1. The van der Waals surface area contributed by atoms with Gasteiger partial charge in [0.25, 0.3) is 5.69 Å². The molecule has 0 aliphatic heterocycles. The van der Waals surface area contributed by atoms with Gasteiger partial charge in [-0.25, -0.2) is 0 Å². The van der Waals surface area contributed by atoms with Crippen LogP contribution in [0.5, 0.6) is 5.75 Å². The minimum Gasteiger partial charge on any atom is -0.507 e. The smallest absolute Gasteiger partial charge is 0.270 e. The summed E-state index contributed by atoms with van der Waals surface area (Å²) >= 11 is 0. The Bertz CT molecular complexity index is 1200. The van der Waals surface area contributed by atoms with Gasteiger partial charge in [0, 0.05) is 12.1 Å². The predicted octanol–water partition coefficient (Wildman–Crippen LogP) is 5.60. The number of aromatic hydroxyl groups is 1. The van der Waals surface area contributed by atoms with Crippen molar-refractivity contribution in [1.29, 1.82) is 0 Å². The molecule has 31 heavy (non-hydrogen) atoms. The van der Waals surface area contributed by atoms with Crippen LogP contribution in [0.4, 0.5) is 11.4 Å². The van der Waals surface area contributed by atoms with Crippen LogP contribution in [0.25, 0.3) is 11.3 Å². The van der Waals surface area contributed by atoms with Crippen LogP contribution in [0, 0.1) is 10.1 Å². The van der Waals surface area contributed by atoms with Crippen LogP contribution in [0.3, 0.4) is 0 Å². The molecule has 0 aliphatic carbocycles. The van der Waals surface area contributed by atoms with Crippen LogP contribution in [-0.2, 0) is 6.54 Å². The number of nitro groups is 1. The third-order valence-electron chi connectivity index (χ3n) is 4.64. The molecule has 0 aliphatic rings. The molecule has 7 nitrogen and oxygen atoms in total. The molecule has 3 aromatic carbocycles. The van der Waals surface area contributed by atoms with Gasteiger partial charge in [-0.05, 0) is 35.9 Å². The Morgan fingerprint density at radius 3 is 2.39 bits per heavy atom. The quantitative estimate of drug-likeness (QED) is 0.242. The average molecular weight is 413 g/mol. The Hall–Kier alpha value is -4.39. The summed E-state index contributed by atoms with van der Waals surface area (Å²) in [7, 11) is 0. The van der Waals surface area contributed by atoms with E-state index in [-0.39, 0.29) is 17.0 Å². The summed E-state index contributed by atoms with van der Waals surface area (Å²) in [4.78, 5) is 10.5. The standard InChI is InChI=1S/C24H19N3O4/c28-23-13-11-20(27(29)30)15-22(23)24-14-12-21(31-24)16-25-26(19-9-5-2-6-10-19)17-18-7-3-1-4-8-18/h1-16,28H,17H2/b25-16+. The lowest BCUT2D eigenvalue weighted by Crippen LogP contribution is -2.15. The van der Waals surface area contributed by atoms with Gasteiger partial charge in [0.1, 0.15) is 17.3 Å². The number of non-ortho nitro benzene ring substituents is 1. The summed E-state index contributed by atoms with van der Waals surface area (Å²) in [5, 5.41) is 27.5. The minimum absolute atomic E-state index is 0.0987. The van der Waals surface area contributed by atoms with Gasteiger partial charge < -0.3 is 9.52 Å². The Morgan fingerprint density at radius 1 is 0.968 bits per heavy atom. The number of furan rings is 1. The van der Waals surface area contributed by atoms with Crippen molar-refractivity contribution in [3.8, 4) is 17.1 Å². The number of benzene rings is 3.